The van der Waals surface area contributed by atoms with Gasteiger partial charge in [0, 0.05) is 79.2 Å². The number of β-amino-alcohol motifs (C(OH)–C–C–N with tert-alkyl or cyclic N) is 1. The van der Waals surface area contributed by atoms with Crippen LogP contribution in [0.5, 0.6) is 5.75 Å². The highest BCUT2D eigenvalue weighted by atomic mass is 19.1. The first-order valence-electron chi connectivity index (χ1n) is 27.2. The Morgan fingerprint density at radius 2 is 1.54 bits per heavy atom. The van der Waals surface area contributed by atoms with Gasteiger partial charge in [-0.1, -0.05) is 75.4 Å². The molecule has 18 heteroatoms. The maximum Gasteiger partial charge on any atom is 0.246 e. The van der Waals surface area contributed by atoms with Crippen LogP contribution in [-0.2, 0) is 20.2 Å². The molecule has 6 fully saturated rings. The van der Waals surface area contributed by atoms with Crippen LogP contribution in [0, 0.1) is 22.6 Å². The highest BCUT2D eigenvalue weighted by Gasteiger charge is 2.57. The third kappa shape index (κ3) is 9.29. The number of amides is 2. The molecule has 398 valence electrons. The minimum absolute atomic E-state index is 0.0819. The number of anilines is 3. The quantitative estimate of drug-likeness (QED) is 0.0910. The number of hydrogen-bond donors (Lipinski definition) is 5. The van der Waals surface area contributed by atoms with Crippen molar-refractivity contribution in [1.29, 1.82) is 0 Å². The number of likely N-dealkylation sites (tertiary alicyclic amines) is 2. The molecule has 17 nitrogen and oxygen atoms in total. The SMILES string of the molecule is CC(C)(C)[C@H](NC(=O)C1CC2(C1)CC(N1CCC(c3cnc(N4C5CCC4CN(c4cc(-c6ccccc6O)nnc4N)C5)nc3)CC1)C2)C(=O)N1C[C@H](O)C[C@H]1C1=N[C@@](C)(c2ccc(-c3ccccc3F)cc2)ON1. The second kappa shape index (κ2) is 19.4. The standard InChI is InChI=1S/C58H69FN12O5/c1-56(2,3)50(54(75)70-33-42(72)23-48(70)52-64-57(4,76-67-52)38-15-13-35(14-16-38)43-9-5-7-11-45(43)59)63-53(74)36-25-58(26-36)27-41(28-58)68-21-19-34(20-22-68)37-29-61-55(62-30-37)71-39-17-18-40(71)32-69(31-39)47-24-46(65-66-51(47)60)44-10-6-8-12-49(44)73/h5-16,24,29-30,34,36,39-42,48,50,72-73H,17-23,25-28,31-33H2,1-4H3,(H2,60,66)(H,63,74)(H,64,67)/t36?,39?,40?,41?,42-,48+,50-,57-,58?/m1/s1. The van der Waals surface area contributed by atoms with Gasteiger partial charge < -0.3 is 40.9 Å². The Labute approximate surface area is 443 Å². The van der Waals surface area contributed by atoms with E-state index >= 15 is 0 Å². The van der Waals surface area contributed by atoms with Crippen molar-refractivity contribution in [2.75, 3.05) is 48.3 Å². The number of carbonyl (C=O) groups excluding carboxylic acids is 2. The number of fused-ring (bicyclic) bond motifs is 2. The summed E-state index contributed by atoms with van der Waals surface area (Å²) in [7, 11) is 0. The van der Waals surface area contributed by atoms with Crippen LogP contribution in [0.2, 0.25) is 0 Å². The molecule has 2 aromatic heterocycles. The molecule has 2 bridgehead atoms. The summed E-state index contributed by atoms with van der Waals surface area (Å²) in [5.41, 5.74) is 13.0. The van der Waals surface area contributed by atoms with Gasteiger partial charge in [0.1, 0.15) is 23.4 Å². The van der Waals surface area contributed by atoms with E-state index in [0.29, 0.717) is 40.4 Å². The number of aromatic nitrogens is 4. The largest absolute Gasteiger partial charge is 0.507 e. The van der Waals surface area contributed by atoms with Crippen LogP contribution in [0.1, 0.15) is 103 Å². The number of aliphatic imine (C=N–C) groups is 1. The fraction of sp³-hybridized carbons (Fsp3) is 0.500. The normalized spacial score (nSPS) is 28.9. The molecule has 12 rings (SSSR count). The van der Waals surface area contributed by atoms with Gasteiger partial charge >= 0.3 is 0 Å². The van der Waals surface area contributed by atoms with E-state index < -0.39 is 29.3 Å². The molecule has 2 unspecified atom stereocenters. The number of aromatic hydroxyl groups is 1. The molecule has 2 aliphatic carbocycles. The second-order valence-corrected chi connectivity index (χ2v) is 24.0. The number of nitrogen functional groups attached to an aromatic ring is 1. The van der Waals surface area contributed by atoms with E-state index in [9.17, 15) is 24.2 Å². The van der Waals surface area contributed by atoms with E-state index in [2.05, 4.69) is 35.7 Å². The van der Waals surface area contributed by atoms with Crippen LogP contribution in [-0.4, -0.2) is 127 Å². The third-order valence-corrected chi connectivity index (χ3v) is 17.8. The first kappa shape index (κ1) is 50.1. The first-order chi connectivity index (χ1) is 36.5. The number of para-hydroxylation sites is 1. The van der Waals surface area contributed by atoms with Crippen LogP contribution < -0.4 is 26.3 Å². The first-order valence-corrected chi connectivity index (χ1v) is 27.2. The number of nitrogens with two attached hydrogens (primary N) is 1. The molecule has 3 aromatic carbocycles. The molecule has 4 saturated heterocycles. The lowest BCUT2D eigenvalue weighted by Gasteiger charge is -2.60. The van der Waals surface area contributed by atoms with Crippen LogP contribution in [0.25, 0.3) is 22.4 Å². The zero-order valence-corrected chi connectivity index (χ0v) is 43.8. The average Bonchev–Trinajstić information content (AvgIpc) is 4.09. The van der Waals surface area contributed by atoms with Gasteiger partial charge in [0.25, 0.3) is 0 Å². The number of nitrogens with one attached hydrogen (secondary N) is 2. The van der Waals surface area contributed by atoms with E-state index in [0.717, 1.165) is 100 Å². The Kier molecular flexibility index (Phi) is 12.8. The Balaban J connectivity index is 0.612. The molecule has 6 N–H and O–H groups in total. The summed E-state index contributed by atoms with van der Waals surface area (Å²) >= 11 is 0. The summed E-state index contributed by atoms with van der Waals surface area (Å²) < 4.78 is 14.5. The van der Waals surface area contributed by atoms with Crippen LogP contribution in [0.4, 0.5) is 21.8 Å². The van der Waals surface area contributed by atoms with Gasteiger partial charge in [-0.2, -0.15) is 0 Å². The summed E-state index contributed by atoms with van der Waals surface area (Å²) in [6.07, 6.45) is 11.7. The number of carbonyl (C=O) groups is 2. The summed E-state index contributed by atoms with van der Waals surface area (Å²) in [6, 6.07) is 22.7. The zero-order valence-electron chi connectivity index (χ0n) is 43.8. The molecule has 76 heavy (non-hydrogen) atoms. The van der Waals surface area contributed by atoms with Gasteiger partial charge in [0.15, 0.2) is 5.82 Å². The van der Waals surface area contributed by atoms with Crippen LogP contribution in [0.15, 0.2) is 96.2 Å². The summed E-state index contributed by atoms with van der Waals surface area (Å²) in [5.74, 6) is 1.38. The molecule has 0 radical (unpaired) electrons. The van der Waals surface area contributed by atoms with Crippen molar-refractivity contribution in [2.24, 2.45) is 21.7 Å². The van der Waals surface area contributed by atoms with E-state index in [1.165, 1.54) is 11.6 Å². The number of hydroxylamine groups is 1. The average molecular weight is 1030 g/mol. The third-order valence-electron chi connectivity index (χ3n) is 17.8. The molecule has 5 aromatic rings. The fourth-order valence-electron chi connectivity index (χ4n) is 13.6. The van der Waals surface area contributed by atoms with Crippen molar-refractivity contribution in [3.63, 3.8) is 0 Å². The molecule has 5 aliphatic heterocycles. The molecule has 2 amide bonds. The van der Waals surface area contributed by atoms with Gasteiger partial charge in [-0.3, -0.25) is 9.59 Å². The predicted molar refractivity (Wildman–Crippen MR) is 287 cm³/mol. The van der Waals surface area contributed by atoms with Crippen molar-refractivity contribution in [1.82, 2.24) is 40.8 Å². The predicted octanol–water partition coefficient (Wildman–Crippen LogP) is 6.92. The zero-order chi connectivity index (χ0) is 52.7. The highest BCUT2D eigenvalue weighted by molar-refractivity contribution is 5.96. The van der Waals surface area contributed by atoms with E-state index in [-0.39, 0.29) is 59.8 Å². The fourth-order valence-corrected chi connectivity index (χ4v) is 13.6. The molecule has 2 saturated carbocycles. The van der Waals surface area contributed by atoms with Crippen LogP contribution >= 0.6 is 0 Å². The molecule has 6 atom stereocenters. The lowest BCUT2D eigenvalue weighted by Crippen LogP contribution is -2.62. The number of hydrogen-bond acceptors (Lipinski definition) is 15. The Hall–Kier alpha value is -6.76. The molecule has 7 heterocycles. The Morgan fingerprint density at radius 3 is 2.21 bits per heavy atom. The van der Waals surface area contributed by atoms with Crippen molar-refractivity contribution in [2.45, 2.75) is 133 Å². The lowest BCUT2D eigenvalue weighted by molar-refractivity contribution is -0.149. The number of halogens is 1. The minimum Gasteiger partial charge on any atom is -0.507 e. The number of amidine groups is 1. The number of nitrogens with zero attached hydrogens (tertiary/aromatic N) is 9. The van der Waals surface area contributed by atoms with Crippen molar-refractivity contribution in [3.8, 4) is 28.1 Å². The number of benzene rings is 3. The monoisotopic (exact) mass is 1030 g/mol. The number of piperidine rings is 1. The van der Waals surface area contributed by atoms with E-state index in [1.54, 1.807) is 35.2 Å². The minimum atomic E-state index is -1.12. The van der Waals surface area contributed by atoms with Crippen molar-refractivity contribution in [3.05, 3.63) is 108 Å². The van der Waals surface area contributed by atoms with Gasteiger partial charge in [-0.25, -0.2) is 29.7 Å². The van der Waals surface area contributed by atoms with Crippen LogP contribution in [0.3, 0.4) is 0 Å². The number of aliphatic hydroxyl groups excluding tert-OH is 1. The van der Waals surface area contributed by atoms with E-state index in [4.69, 9.17) is 25.5 Å². The van der Waals surface area contributed by atoms with Gasteiger partial charge in [-0.15, -0.1) is 10.2 Å². The lowest BCUT2D eigenvalue weighted by atomic mass is 9.49. The molecular weight excluding hydrogens is 964 g/mol. The van der Waals surface area contributed by atoms with Gasteiger partial charge in [-0.05, 0) is 124 Å². The molecular formula is C58H69FN12O5. The van der Waals surface area contributed by atoms with Crippen molar-refractivity contribution >= 4 is 35.1 Å². The highest BCUT2D eigenvalue weighted by Crippen LogP contribution is 2.60. The molecule has 7 aliphatic rings. The summed E-state index contributed by atoms with van der Waals surface area (Å²) in [5, 5.41) is 33.1. The number of phenols is 1. The number of aliphatic hydroxyl groups is 1. The summed E-state index contributed by atoms with van der Waals surface area (Å²) in [4.78, 5) is 58.4. The topological polar surface area (TPSA) is 211 Å². The maximum atomic E-state index is 14.6. The Bertz CT molecular complexity index is 3010. The number of rotatable bonds is 11. The van der Waals surface area contributed by atoms with Gasteiger partial charge in [0.2, 0.25) is 23.5 Å². The number of phenolic OH excluding ortho intramolecular Hbond substituents is 1. The smallest absolute Gasteiger partial charge is 0.246 e. The summed E-state index contributed by atoms with van der Waals surface area (Å²) in [6.45, 7) is 11.4. The van der Waals surface area contributed by atoms with Gasteiger partial charge in [0.05, 0.1) is 23.5 Å². The van der Waals surface area contributed by atoms with E-state index in [1.807, 2.05) is 82.6 Å². The maximum absolute atomic E-state index is 14.6. The van der Waals surface area contributed by atoms with Crippen molar-refractivity contribution < 1.29 is 29.0 Å². The Morgan fingerprint density at radius 1 is 0.868 bits per heavy atom. The molecule has 1 spiro atoms. The number of piperazine rings is 1. The second-order valence-electron chi connectivity index (χ2n) is 24.0.